The predicted octanol–water partition coefficient (Wildman–Crippen LogP) is 2.53. The van der Waals surface area contributed by atoms with Crippen molar-refractivity contribution < 1.29 is 0 Å². The van der Waals surface area contributed by atoms with E-state index >= 15 is 0 Å². The monoisotopic (exact) mass is 267 g/mol. The van der Waals surface area contributed by atoms with Gasteiger partial charge in [-0.2, -0.15) is 0 Å². The summed E-state index contributed by atoms with van der Waals surface area (Å²) >= 11 is 1.87. The fourth-order valence-corrected chi connectivity index (χ4v) is 3.62. The summed E-state index contributed by atoms with van der Waals surface area (Å²) < 4.78 is 0. The number of rotatable bonds is 5. The van der Waals surface area contributed by atoms with Gasteiger partial charge in [0.2, 0.25) is 0 Å². The lowest BCUT2D eigenvalue weighted by atomic mass is 9.94. The summed E-state index contributed by atoms with van der Waals surface area (Å²) in [4.78, 5) is 8.48. The van der Waals surface area contributed by atoms with E-state index in [2.05, 4.69) is 36.0 Å². The molecule has 1 fully saturated rings. The van der Waals surface area contributed by atoms with Crippen LogP contribution in [0.25, 0.3) is 0 Å². The van der Waals surface area contributed by atoms with Gasteiger partial charge in [-0.1, -0.05) is 20.8 Å². The number of nitrogens with zero attached hydrogens (tertiary/aromatic N) is 2. The second kappa shape index (κ2) is 6.64. The van der Waals surface area contributed by atoms with Gasteiger partial charge in [-0.15, -0.1) is 11.3 Å². The van der Waals surface area contributed by atoms with Crippen LogP contribution >= 0.6 is 11.3 Å². The lowest BCUT2D eigenvalue weighted by Gasteiger charge is -2.36. The molecular weight excluding hydrogens is 242 g/mol. The molecule has 0 aromatic carbocycles. The summed E-state index contributed by atoms with van der Waals surface area (Å²) in [5.41, 5.74) is 0. The van der Waals surface area contributed by atoms with Crippen molar-refractivity contribution in [3.8, 4) is 0 Å². The third-order valence-electron chi connectivity index (χ3n) is 3.76. The lowest BCUT2D eigenvalue weighted by Crippen LogP contribution is -2.47. The Hall–Kier alpha value is -0.450. The van der Waals surface area contributed by atoms with E-state index in [0.717, 1.165) is 25.4 Å². The first-order valence-electron chi connectivity index (χ1n) is 7.12. The molecule has 2 heterocycles. The van der Waals surface area contributed by atoms with Crippen LogP contribution in [0.15, 0.2) is 6.20 Å². The summed E-state index contributed by atoms with van der Waals surface area (Å²) in [6.07, 6.45) is 4.41. The Morgan fingerprint density at radius 2 is 2.33 bits per heavy atom. The van der Waals surface area contributed by atoms with Gasteiger partial charge >= 0.3 is 0 Å². The average molecular weight is 267 g/mol. The van der Waals surface area contributed by atoms with E-state index in [-0.39, 0.29) is 0 Å². The van der Waals surface area contributed by atoms with Gasteiger partial charge in [0.1, 0.15) is 5.01 Å². The van der Waals surface area contributed by atoms with Crippen LogP contribution in [0.4, 0.5) is 0 Å². The van der Waals surface area contributed by atoms with Crippen molar-refractivity contribution in [3.05, 3.63) is 16.1 Å². The Kier molecular flexibility index (Phi) is 5.15. The number of piperidine rings is 1. The van der Waals surface area contributed by atoms with Crippen molar-refractivity contribution >= 4 is 11.3 Å². The molecule has 0 aliphatic carbocycles. The molecule has 1 aromatic rings. The second-order valence-electron chi connectivity index (χ2n) is 5.24. The van der Waals surface area contributed by atoms with Gasteiger partial charge in [-0.05, 0) is 25.3 Å². The highest BCUT2D eigenvalue weighted by Gasteiger charge is 2.25. The van der Waals surface area contributed by atoms with E-state index in [1.54, 1.807) is 0 Å². The molecule has 2 atom stereocenters. The molecule has 0 spiro atoms. The largest absolute Gasteiger partial charge is 0.314 e. The van der Waals surface area contributed by atoms with Gasteiger partial charge in [0, 0.05) is 30.2 Å². The van der Waals surface area contributed by atoms with Crippen LogP contribution in [0, 0.1) is 5.92 Å². The number of nitrogens with one attached hydrogen (secondary N) is 1. The van der Waals surface area contributed by atoms with E-state index in [0.29, 0.717) is 6.04 Å². The standard InChI is InChI=1S/C14H25N3S/c1-4-12-8-16-14(18-12)10-17-7-6-13(15-5-2)11(3)9-17/h8,11,13,15H,4-7,9-10H2,1-3H3. The summed E-state index contributed by atoms with van der Waals surface area (Å²) in [5, 5.41) is 4.87. The fraction of sp³-hybridized carbons (Fsp3) is 0.786. The van der Waals surface area contributed by atoms with E-state index in [4.69, 9.17) is 0 Å². The molecule has 18 heavy (non-hydrogen) atoms. The van der Waals surface area contributed by atoms with Crippen molar-refractivity contribution in [3.63, 3.8) is 0 Å². The van der Waals surface area contributed by atoms with Crippen molar-refractivity contribution in [1.29, 1.82) is 0 Å². The zero-order valence-electron chi connectivity index (χ0n) is 11.8. The Bertz CT molecular complexity index is 364. The molecule has 1 N–H and O–H groups in total. The van der Waals surface area contributed by atoms with Gasteiger partial charge in [-0.25, -0.2) is 4.98 Å². The van der Waals surface area contributed by atoms with Crippen LogP contribution in [0.3, 0.4) is 0 Å². The first kappa shape index (κ1) is 14.0. The maximum absolute atomic E-state index is 4.52. The molecule has 1 aliphatic rings. The molecule has 1 aliphatic heterocycles. The summed E-state index contributed by atoms with van der Waals surface area (Å²) in [6, 6.07) is 0.703. The third-order valence-corrected chi connectivity index (χ3v) is 4.89. The van der Waals surface area contributed by atoms with Gasteiger partial charge in [-0.3, -0.25) is 4.90 Å². The number of aromatic nitrogens is 1. The van der Waals surface area contributed by atoms with Gasteiger partial charge in [0.15, 0.2) is 0 Å². The highest BCUT2D eigenvalue weighted by Crippen LogP contribution is 2.21. The molecule has 102 valence electrons. The molecule has 2 rings (SSSR count). The minimum absolute atomic E-state index is 0.703. The molecule has 1 aromatic heterocycles. The number of hydrogen-bond acceptors (Lipinski definition) is 4. The minimum atomic E-state index is 0.703. The SMILES string of the molecule is CCNC1CCN(Cc2ncc(CC)s2)CC1C. The van der Waals surface area contributed by atoms with Crippen LogP contribution in [0.1, 0.15) is 37.1 Å². The van der Waals surface area contributed by atoms with Gasteiger partial charge < -0.3 is 5.32 Å². The van der Waals surface area contributed by atoms with Crippen LogP contribution in [-0.2, 0) is 13.0 Å². The second-order valence-corrected chi connectivity index (χ2v) is 6.44. The Balaban J connectivity index is 1.85. The summed E-state index contributed by atoms with van der Waals surface area (Å²) in [7, 11) is 0. The maximum Gasteiger partial charge on any atom is 0.107 e. The molecule has 4 heteroatoms. The molecule has 0 radical (unpaired) electrons. The molecular formula is C14H25N3S. The zero-order valence-corrected chi connectivity index (χ0v) is 12.6. The van der Waals surface area contributed by atoms with Gasteiger partial charge in [0.25, 0.3) is 0 Å². The molecule has 0 bridgehead atoms. The topological polar surface area (TPSA) is 28.2 Å². The van der Waals surface area contributed by atoms with Gasteiger partial charge in [0.05, 0.1) is 6.54 Å². The number of likely N-dealkylation sites (tertiary alicyclic amines) is 1. The number of aryl methyl sites for hydroxylation is 1. The summed E-state index contributed by atoms with van der Waals surface area (Å²) in [5.74, 6) is 0.740. The van der Waals surface area contributed by atoms with E-state index in [9.17, 15) is 0 Å². The fourth-order valence-electron chi connectivity index (χ4n) is 2.72. The minimum Gasteiger partial charge on any atom is -0.314 e. The zero-order chi connectivity index (χ0) is 13.0. The van der Waals surface area contributed by atoms with Crippen LogP contribution in [-0.4, -0.2) is 35.6 Å². The lowest BCUT2D eigenvalue weighted by molar-refractivity contribution is 0.142. The molecule has 3 nitrogen and oxygen atoms in total. The third kappa shape index (κ3) is 3.53. The summed E-state index contributed by atoms with van der Waals surface area (Å²) in [6.45, 7) is 11.3. The Morgan fingerprint density at radius 3 is 2.94 bits per heavy atom. The highest BCUT2D eigenvalue weighted by molar-refractivity contribution is 7.11. The Morgan fingerprint density at radius 1 is 1.50 bits per heavy atom. The maximum atomic E-state index is 4.52. The number of hydrogen-bond donors (Lipinski definition) is 1. The van der Waals surface area contributed by atoms with E-state index in [1.807, 2.05) is 17.5 Å². The van der Waals surface area contributed by atoms with Crippen LogP contribution in [0.5, 0.6) is 0 Å². The van der Waals surface area contributed by atoms with Crippen LogP contribution < -0.4 is 5.32 Å². The van der Waals surface area contributed by atoms with Crippen molar-refractivity contribution in [1.82, 2.24) is 15.2 Å². The first-order chi connectivity index (χ1) is 8.72. The predicted molar refractivity (Wildman–Crippen MR) is 78.0 cm³/mol. The first-order valence-corrected chi connectivity index (χ1v) is 7.93. The molecule has 2 unspecified atom stereocenters. The van der Waals surface area contributed by atoms with Crippen molar-refractivity contribution in [2.75, 3.05) is 19.6 Å². The number of thiazole rings is 1. The molecule has 0 amide bonds. The molecule has 1 saturated heterocycles. The smallest absolute Gasteiger partial charge is 0.107 e. The van der Waals surface area contributed by atoms with Crippen molar-refractivity contribution in [2.24, 2.45) is 5.92 Å². The quantitative estimate of drug-likeness (QED) is 0.888. The van der Waals surface area contributed by atoms with Crippen LogP contribution in [0.2, 0.25) is 0 Å². The van der Waals surface area contributed by atoms with E-state index < -0.39 is 0 Å². The Labute approximate surface area is 115 Å². The molecule has 0 saturated carbocycles. The van der Waals surface area contributed by atoms with E-state index in [1.165, 1.54) is 29.4 Å². The van der Waals surface area contributed by atoms with Crippen molar-refractivity contribution in [2.45, 2.75) is 46.2 Å². The average Bonchev–Trinajstić information content (AvgIpc) is 2.80. The highest BCUT2D eigenvalue weighted by atomic mass is 32.1. The normalized spacial score (nSPS) is 25.5.